The monoisotopic (exact) mass is 588 g/mol. The molecule has 3 unspecified atom stereocenters. The molecule has 2 aliphatic rings. The van der Waals surface area contributed by atoms with Crippen molar-refractivity contribution in [1.82, 2.24) is 21.3 Å². The lowest BCUT2D eigenvalue weighted by Gasteiger charge is -2.16. The number of rotatable bonds is 25. The van der Waals surface area contributed by atoms with Crippen LogP contribution in [0.15, 0.2) is 0 Å². The molecule has 0 bridgehead atoms. The van der Waals surface area contributed by atoms with Crippen LogP contribution in [0.4, 0.5) is 4.79 Å². The third kappa shape index (κ3) is 16.4. The van der Waals surface area contributed by atoms with Gasteiger partial charge < -0.3 is 45.0 Å². The van der Waals surface area contributed by atoms with Crippen LogP contribution in [0.25, 0.3) is 0 Å². The first-order valence-electron chi connectivity index (χ1n) is 14.5. The van der Waals surface area contributed by atoms with E-state index in [0.717, 1.165) is 37.9 Å². The Kier molecular flexibility index (Phi) is 18.7. The molecule has 0 aromatic carbocycles. The summed E-state index contributed by atoms with van der Waals surface area (Å²) in [7, 11) is 0. The molecule has 12 nitrogen and oxygen atoms in total. The van der Waals surface area contributed by atoms with Gasteiger partial charge in [-0.2, -0.15) is 11.8 Å². The molecule has 13 heteroatoms. The van der Waals surface area contributed by atoms with Gasteiger partial charge in [0.1, 0.15) is 5.78 Å². The van der Waals surface area contributed by atoms with Crippen molar-refractivity contribution in [2.45, 2.75) is 75.6 Å². The van der Waals surface area contributed by atoms with E-state index in [1.807, 2.05) is 11.8 Å². The van der Waals surface area contributed by atoms with Crippen molar-refractivity contribution in [3.8, 4) is 0 Å². The second-order valence-corrected chi connectivity index (χ2v) is 11.2. The Bertz CT molecular complexity index is 760. The number of ketones is 1. The average molecular weight is 589 g/mol. The fraction of sp³-hybridized carbons (Fsp3) is 0.852. The van der Waals surface area contributed by atoms with E-state index in [4.69, 9.17) is 18.9 Å². The lowest BCUT2D eigenvalue weighted by atomic mass is 10.0. The summed E-state index contributed by atoms with van der Waals surface area (Å²) in [5, 5.41) is 12.1. The smallest absolute Gasteiger partial charge is 0.315 e. The standard InChI is InChI=1S/C27H48N4O8S/c1-21(32)6-4-5-10-28-25(34)9-12-36-14-16-38-18-19-39-17-15-37-13-11-29-24(33)8-3-2-7-23-26-22(20-40-23)30-27(35)31-26/h22-23,26H,2-20H2,1H3,(H,28,34)(H,29,33)(H2,30,31,35). The van der Waals surface area contributed by atoms with Crippen LogP contribution in [-0.2, 0) is 33.3 Å². The zero-order valence-electron chi connectivity index (χ0n) is 23.8. The van der Waals surface area contributed by atoms with Gasteiger partial charge in [0.05, 0.1) is 64.9 Å². The molecule has 2 heterocycles. The number of ether oxygens (including phenoxy) is 4. The number of fused-ring (bicyclic) bond motifs is 1. The SMILES string of the molecule is CC(=O)CCCCNC(=O)CCOCCOCCOCCOCCNC(=O)CCCCC1SCC2NC(=O)NC21. The van der Waals surface area contributed by atoms with Crippen LogP contribution in [-0.4, -0.2) is 113 Å². The molecule has 0 spiro atoms. The van der Waals surface area contributed by atoms with Gasteiger partial charge >= 0.3 is 6.03 Å². The van der Waals surface area contributed by atoms with Gasteiger partial charge in [-0.25, -0.2) is 4.79 Å². The van der Waals surface area contributed by atoms with Gasteiger partial charge in [0.15, 0.2) is 0 Å². The molecule has 2 rings (SSSR count). The molecule has 0 radical (unpaired) electrons. The summed E-state index contributed by atoms with van der Waals surface area (Å²) >= 11 is 1.90. The number of urea groups is 1. The Morgan fingerprint density at radius 3 is 2.05 bits per heavy atom. The maximum Gasteiger partial charge on any atom is 0.315 e. The highest BCUT2D eigenvalue weighted by Gasteiger charge is 2.42. The number of unbranched alkanes of at least 4 members (excludes halogenated alkanes) is 2. The van der Waals surface area contributed by atoms with E-state index in [2.05, 4.69) is 21.3 Å². The van der Waals surface area contributed by atoms with Crippen LogP contribution in [0, 0.1) is 0 Å². The number of hydrogen-bond acceptors (Lipinski definition) is 9. The van der Waals surface area contributed by atoms with Gasteiger partial charge in [-0.15, -0.1) is 0 Å². The van der Waals surface area contributed by atoms with Gasteiger partial charge in [-0.3, -0.25) is 9.59 Å². The number of nitrogens with one attached hydrogen (secondary N) is 4. The van der Waals surface area contributed by atoms with E-state index in [0.29, 0.717) is 90.5 Å². The molecule has 0 saturated carbocycles. The summed E-state index contributed by atoms with van der Waals surface area (Å²) in [5.41, 5.74) is 0. The Morgan fingerprint density at radius 1 is 0.750 bits per heavy atom. The van der Waals surface area contributed by atoms with Crippen molar-refractivity contribution in [3.05, 3.63) is 0 Å². The number of hydrogen-bond donors (Lipinski definition) is 4. The van der Waals surface area contributed by atoms with Gasteiger partial charge in [-0.05, 0) is 32.6 Å². The van der Waals surface area contributed by atoms with E-state index < -0.39 is 0 Å². The topological polar surface area (TPSA) is 153 Å². The molecule has 2 aliphatic heterocycles. The Morgan fingerprint density at radius 2 is 1.35 bits per heavy atom. The van der Waals surface area contributed by atoms with Crippen LogP contribution >= 0.6 is 11.8 Å². The molecule has 0 aromatic heterocycles. The number of carbonyl (C=O) groups is 4. The number of amides is 4. The minimum absolute atomic E-state index is 0.0366. The van der Waals surface area contributed by atoms with Crippen molar-refractivity contribution in [3.63, 3.8) is 0 Å². The number of carbonyl (C=O) groups excluding carboxylic acids is 4. The Labute approximate surface area is 242 Å². The number of Topliss-reactive ketones (excluding diaryl/α,β-unsaturated/α-hetero) is 1. The zero-order valence-corrected chi connectivity index (χ0v) is 24.7. The van der Waals surface area contributed by atoms with Crippen LogP contribution < -0.4 is 21.3 Å². The van der Waals surface area contributed by atoms with Gasteiger partial charge in [-0.1, -0.05) is 6.42 Å². The molecule has 0 aliphatic carbocycles. The molecule has 2 saturated heterocycles. The third-order valence-corrected chi connectivity index (χ3v) is 8.03. The quantitative estimate of drug-likeness (QED) is 0.0909. The fourth-order valence-corrected chi connectivity index (χ4v) is 5.91. The van der Waals surface area contributed by atoms with Crippen LogP contribution in [0.1, 0.15) is 58.3 Å². The molecule has 40 heavy (non-hydrogen) atoms. The van der Waals surface area contributed by atoms with Crippen molar-refractivity contribution in [2.24, 2.45) is 0 Å². The maximum atomic E-state index is 12.0. The second kappa shape index (κ2) is 21.8. The van der Waals surface area contributed by atoms with Gasteiger partial charge in [0.2, 0.25) is 11.8 Å². The molecule has 4 amide bonds. The van der Waals surface area contributed by atoms with Crippen molar-refractivity contribution in [1.29, 1.82) is 0 Å². The van der Waals surface area contributed by atoms with Crippen LogP contribution in [0.5, 0.6) is 0 Å². The first-order chi connectivity index (χ1) is 19.5. The highest BCUT2D eigenvalue weighted by atomic mass is 32.2. The predicted molar refractivity (Wildman–Crippen MR) is 152 cm³/mol. The highest BCUT2D eigenvalue weighted by Crippen LogP contribution is 2.33. The first kappa shape index (κ1) is 34.3. The normalized spacial score (nSPS) is 19.6. The van der Waals surface area contributed by atoms with Crippen molar-refractivity contribution >= 4 is 35.4 Å². The lowest BCUT2D eigenvalue weighted by Crippen LogP contribution is -2.36. The molecule has 4 N–H and O–H groups in total. The first-order valence-corrected chi connectivity index (χ1v) is 15.5. The highest BCUT2D eigenvalue weighted by molar-refractivity contribution is 8.00. The fourth-order valence-electron chi connectivity index (χ4n) is 4.37. The minimum Gasteiger partial charge on any atom is -0.379 e. The number of thioether (sulfide) groups is 1. The summed E-state index contributed by atoms with van der Waals surface area (Å²) in [6.07, 6.45) is 5.79. The molecule has 2 fully saturated rings. The maximum absolute atomic E-state index is 12.0. The Hall–Kier alpha value is -1.93. The van der Waals surface area contributed by atoms with Gasteiger partial charge in [0.25, 0.3) is 0 Å². The predicted octanol–water partition coefficient (Wildman–Crippen LogP) is 1.16. The zero-order chi connectivity index (χ0) is 28.8. The van der Waals surface area contributed by atoms with Crippen LogP contribution in [0.3, 0.4) is 0 Å². The van der Waals surface area contributed by atoms with E-state index >= 15 is 0 Å². The van der Waals surface area contributed by atoms with Crippen molar-refractivity contribution < 1.29 is 38.1 Å². The summed E-state index contributed by atoms with van der Waals surface area (Å²) in [6.45, 7) is 6.07. The van der Waals surface area contributed by atoms with Gasteiger partial charge in [0, 0.05) is 43.4 Å². The molecular formula is C27H48N4O8S. The van der Waals surface area contributed by atoms with E-state index in [9.17, 15) is 19.2 Å². The third-order valence-electron chi connectivity index (χ3n) is 6.52. The minimum atomic E-state index is -0.0631. The lowest BCUT2D eigenvalue weighted by molar-refractivity contribution is -0.122. The summed E-state index contributed by atoms with van der Waals surface area (Å²) in [4.78, 5) is 45.9. The summed E-state index contributed by atoms with van der Waals surface area (Å²) in [5.74, 6) is 1.12. The largest absolute Gasteiger partial charge is 0.379 e. The van der Waals surface area contributed by atoms with E-state index in [1.54, 1.807) is 6.92 Å². The summed E-state index contributed by atoms with van der Waals surface area (Å²) in [6, 6.07) is 0.404. The molecule has 0 aromatic rings. The molecular weight excluding hydrogens is 540 g/mol. The molecule has 3 atom stereocenters. The summed E-state index contributed by atoms with van der Waals surface area (Å²) < 4.78 is 21.7. The average Bonchev–Trinajstić information content (AvgIpc) is 3.47. The van der Waals surface area contributed by atoms with E-state index in [-0.39, 0.29) is 35.7 Å². The molecule has 230 valence electrons. The second-order valence-electron chi connectivity index (χ2n) is 9.93. The Balaban J connectivity index is 1.24. The van der Waals surface area contributed by atoms with Crippen LogP contribution in [0.2, 0.25) is 0 Å². The van der Waals surface area contributed by atoms with Crippen molar-refractivity contribution in [2.75, 3.05) is 71.7 Å². The van der Waals surface area contributed by atoms with E-state index in [1.165, 1.54) is 0 Å².